The molecule has 2 aromatic rings. The molecule has 104 valence electrons. The third-order valence-corrected chi connectivity index (χ3v) is 3.39. The van der Waals surface area contributed by atoms with Gasteiger partial charge in [0, 0.05) is 31.4 Å². The molecule has 6 heteroatoms. The smallest absolute Gasteiger partial charge is 0.339 e. The molecule has 0 atom stereocenters. The molecule has 0 unspecified atom stereocenters. The lowest BCUT2D eigenvalue weighted by atomic mass is 10.2. The normalized spacial score (nSPS) is 14.3. The van der Waals surface area contributed by atoms with Gasteiger partial charge in [0.15, 0.2) is 0 Å². The van der Waals surface area contributed by atoms with Crippen LogP contribution in [0.5, 0.6) is 0 Å². The molecular formula is C14H15N3O3. The van der Waals surface area contributed by atoms with Crippen molar-refractivity contribution in [3.05, 3.63) is 46.1 Å². The minimum absolute atomic E-state index is 0.187. The van der Waals surface area contributed by atoms with Crippen molar-refractivity contribution in [3.8, 4) is 5.69 Å². The molecule has 1 saturated carbocycles. The summed E-state index contributed by atoms with van der Waals surface area (Å²) in [6, 6.07) is 2.84. The monoisotopic (exact) mass is 273 g/mol. The Bertz CT molecular complexity index is 726. The Morgan fingerprint density at radius 3 is 2.75 bits per heavy atom. The molecule has 1 fully saturated rings. The number of esters is 1. The summed E-state index contributed by atoms with van der Waals surface area (Å²) in [5.41, 5.74) is 1.81. The highest BCUT2D eigenvalue weighted by Gasteiger charge is 2.30. The van der Waals surface area contributed by atoms with Crippen molar-refractivity contribution < 1.29 is 9.53 Å². The van der Waals surface area contributed by atoms with E-state index < -0.39 is 5.97 Å². The number of rotatable bonds is 3. The van der Waals surface area contributed by atoms with Gasteiger partial charge in [0.25, 0.3) is 5.56 Å². The molecule has 0 N–H and O–H groups in total. The second-order valence-electron chi connectivity index (χ2n) is 4.97. The summed E-state index contributed by atoms with van der Waals surface area (Å²) in [5.74, 6) is -0.0458. The van der Waals surface area contributed by atoms with Crippen LogP contribution in [0.4, 0.5) is 0 Å². The van der Waals surface area contributed by atoms with Crippen molar-refractivity contribution in [2.75, 3.05) is 7.11 Å². The molecule has 0 radical (unpaired) electrons. The number of pyridine rings is 1. The Hall–Kier alpha value is -2.37. The molecule has 3 rings (SSSR count). The molecule has 0 bridgehead atoms. The summed E-state index contributed by atoms with van der Waals surface area (Å²) < 4.78 is 7.85. The van der Waals surface area contributed by atoms with Crippen molar-refractivity contribution >= 4 is 5.97 Å². The summed E-state index contributed by atoms with van der Waals surface area (Å²) in [4.78, 5) is 23.6. The molecule has 0 saturated heterocycles. The maximum atomic E-state index is 12.1. The fourth-order valence-corrected chi connectivity index (χ4v) is 2.24. The standard InChI is InChI=1S/C14H15N3O3/c1-16-8-11(13(15-16)9-3-4-9)17-7-10(14(19)20-2)5-6-12(17)18/h5-9H,3-4H2,1-2H3. The summed E-state index contributed by atoms with van der Waals surface area (Å²) in [5, 5.41) is 4.43. The summed E-state index contributed by atoms with van der Waals surface area (Å²) >= 11 is 0. The number of aryl methyl sites for hydroxylation is 1. The van der Waals surface area contributed by atoms with Crippen molar-refractivity contribution in [2.24, 2.45) is 7.05 Å². The number of ether oxygens (including phenoxy) is 1. The number of hydrogen-bond donors (Lipinski definition) is 0. The number of nitrogens with zero attached hydrogens (tertiary/aromatic N) is 3. The van der Waals surface area contributed by atoms with Gasteiger partial charge in [0.2, 0.25) is 0 Å². The lowest BCUT2D eigenvalue weighted by molar-refractivity contribution is 0.0600. The first-order chi connectivity index (χ1) is 9.60. The predicted molar refractivity (Wildman–Crippen MR) is 72.1 cm³/mol. The zero-order valence-electron chi connectivity index (χ0n) is 11.4. The molecule has 2 aromatic heterocycles. The second-order valence-corrected chi connectivity index (χ2v) is 4.97. The van der Waals surface area contributed by atoms with E-state index in [1.807, 2.05) is 7.05 Å². The van der Waals surface area contributed by atoms with E-state index in [-0.39, 0.29) is 5.56 Å². The highest BCUT2D eigenvalue weighted by molar-refractivity contribution is 5.88. The van der Waals surface area contributed by atoms with E-state index in [0.717, 1.165) is 24.2 Å². The molecular weight excluding hydrogens is 258 g/mol. The number of carbonyl (C=O) groups is 1. The number of aromatic nitrogens is 3. The Morgan fingerprint density at radius 2 is 2.10 bits per heavy atom. The van der Waals surface area contributed by atoms with E-state index in [4.69, 9.17) is 0 Å². The van der Waals surface area contributed by atoms with Crippen LogP contribution in [0.2, 0.25) is 0 Å². The Morgan fingerprint density at radius 1 is 1.35 bits per heavy atom. The summed E-state index contributed by atoms with van der Waals surface area (Å²) in [6.45, 7) is 0. The number of methoxy groups -OCH3 is 1. The van der Waals surface area contributed by atoms with Gasteiger partial charge in [-0.05, 0) is 18.9 Å². The van der Waals surface area contributed by atoms with Gasteiger partial charge in [0.05, 0.1) is 24.1 Å². The van der Waals surface area contributed by atoms with E-state index >= 15 is 0 Å². The lowest BCUT2D eigenvalue weighted by Crippen LogP contribution is -2.19. The van der Waals surface area contributed by atoms with Gasteiger partial charge in [-0.15, -0.1) is 0 Å². The van der Waals surface area contributed by atoms with Crippen LogP contribution in [0.3, 0.4) is 0 Å². The van der Waals surface area contributed by atoms with E-state index in [9.17, 15) is 9.59 Å². The van der Waals surface area contributed by atoms with Gasteiger partial charge in [-0.1, -0.05) is 0 Å². The molecule has 1 aliphatic carbocycles. The minimum atomic E-state index is -0.462. The quantitative estimate of drug-likeness (QED) is 0.789. The van der Waals surface area contributed by atoms with Gasteiger partial charge in [-0.3, -0.25) is 14.0 Å². The average molecular weight is 273 g/mol. The molecule has 0 spiro atoms. The highest BCUT2D eigenvalue weighted by atomic mass is 16.5. The first kappa shape index (κ1) is 12.7. The van der Waals surface area contributed by atoms with E-state index in [0.29, 0.717) is 11.5 Å². The van der Waals surface area contributed by atoms with Crippen molar-refractivity contribution in [1.82, 2.24) is 14.3 Å². The second kappa shape index (κ2) is 4.63. The van der Waals surface area contributed by atoms with Crippen LogP contribution >= 0.6 is 0 Å². The van der Waals surface area contributed by atoms with Gasteiger partial charge in [-0.2, -0.15) is 5.10 Å². The Balaban J connectivity index is 2.14. The zero-order chi connectivity index (χ0) is 14.3. The predicted octanol–water partition coefficient (Wildman–Crippen LogP) is 1.23. The van der Waals surface area contributed by atoms with Crippen LogP contribution in [-0.4, -0.2) is 27.4 Å². The van der Waals surface area contributed by atoms with Crippen LogP contribution in [-0.2, 0) is 11.8 Å². The number of carbonyl (C=O) groups excluding carboxylic acids is 1. The Kier molecular flexibility index (Phi) is 2.93. The van der Waals surface area contributed by atoms with Gasteiger partial charge in [0.1, 0.15) is 0 Å². The summed E-state index contributed by atoms with van der Waals surface area (Å²) in [6.07, 6.45) is 5.50. The molecule has 0 amide bonds. The summed E-state index contributed by atoms with van der Waals surface area (Å²) in [7, 11) is 3.14. The van der Waals surface area contributed by atoms with Gasteiger partial charge < -0.3 is 4.74 Å². The van der Waals surface area contributed by atoms with E-state index in [2.05, 4.69) is 9.84 Å². The molecule has 0 aromatic carbocycles. The highest BCUT2D eigenvalue weighted by Crippen LogP contribution is 2.41. The molecule has 2 heterocycles. The van der Waals surface area contributed by atoms with Crippen molar-refractivity contribution in [2.45, 2.75) is 18.8 Å². The van der Waals surface area contributed by atoms with Crippen LogP contribution in [0.1, 0.15) is 34.8 Å². The van der Waals surface area contributed by atoms with Gasteiger partial charge in [-0.25, -0.2) is 4.79 Å². The minimum Gasteiger partial charge on any atom is -0.465 e. The molecule has 1 aliphatic rings. The largest absolute Gasteiger partial charge is 0.465 e. The molecule has 6 nitrogen and oxygen atoms in total. The average Bonchev–Trinajstić information content (AvgIpc) is 3.21. The first-order valence-electron chi connectivity index (χ1n) is 6.45. The van der Waals surface area contributed by atoms with Crippen molar-refractivity contribution in [3.63, 3.8) is 0 Å². The van der Waals surface area contributed by atoms with Crippen LogP contribution in [0.15, 0.2) is 29.3 Å². The molecule has 20 heavy (non-hydrogen) atoms. The maximum Gasteiger partial charge on any atom is 0.339 e. The fraction of sp³-hybridized carbons (Fsp3) is 0.357. The SMILES string of the molecule is COC(=O)c1ccc(=O)n(-c2cn(C)nc2C2CC2)c1. The topological polar surface area (TPSA) is 66.1 Å². The van der Waals surface area contributed by atoms with Crippen LogP contribution in [0, 0.1) is 0 Å². The fourth-order valence-electron chi connectivity index (χ4n) is 2.24. The van der Waals surface area contributed by atoms with Crippen molar-refractivity contribution in [1.29, 1.82) is 0 Å². The first-order valence-corrected chi connectivity index (χ1v) is 6.45. The van der Waals surface area contributed by atoms with Gasteiger partial charge >= 0.3 is 5.97 Å². The maximum absolute atomic E-state index is 12.1. The van der Waals surface area contributed by atoms with Crippen LogP contribution < -0.4 is 5.56 Å². The molecule has 0 aliphatic heterocycles. The third kappa shape index (κ3) is 2.13. The number of hydrogen-bond acceptors (Lipinski definition) is 4. The Labute approximate surface area is 115 Å². The lowest BCUT2D eigenvalue weighted by Gasteiger charge is -2.07. The van der Waals surface area contributed by atoms with Crippen LogP contribution in [0.25, 0.3) is 5.69 Å². The third-order valence-electron chi connectivity index (χ3n) is 3.39. The van der Waals surface area contributed by atoms with E-state index in [1.165, 1.54) is 30.0 Å². The van der Waals surface area contributed by atoms with E-state index in [1.54, 1.807) is 10.9 Å². The zero-order valence-corrected chi connectivity index (χ0v) is 11.4.